The fraction of sp³-hybridized carbons (Fsp3) is 0.429. The molecule has 1 saturated heterocycles. The number of nitrogens with two attached hydrogens (primary N) is 1. The third kappa shape index (κ3) is 6.25. The number of carbonyl (C=O) groups is 2. The van der Waals surface area contributed by atoms with Crippen molar-refractivity contribution < 1.29 is 32.6 Å². The smallest absolute Gasteiger partial charge is 0.475 e. The van der Waals surface area contributed by atoms with Crippen LogP contribution in [0.2, 0.25) is 0 Å². The van der Waals surface area contributed by atoms with E-state index in [0.717, 1.165) is 12.8 Å². The Morgan fingerprint density at radius 2 is 1.65 bits per heavy atom. The van der Waals surface area contributed by atoms with E-state index in [1.54, 1.807) is 12.1 Å². The van der Waals surface area contributed by atoms with Gasteiger partial charge < -0.3 is 9.84 Å². The molecule has 0 atom stereocenters. The maximum atomic E-state index is 12.0. The van der Waals surface area contributed by atoms with Gasteiger partial charge in [0.1, 0.15) is 0 Å². The Balaban J connectivity index is 0.000000322. The maximum Gasteiger partial charge on any atom is 0.490 e. The van der Waals surface area contributed by atoms with E-state index in [0.29, 0.717) is 18.8 Å². The number of nitrogens with zero attached hydrogens (tertiary/aromatic N) is 1. The molecule has 1 aliphatic rings. The Hall–Kier alpha value is -2.13. The molecule has 0 radical (unpaired) electrons. The molecule has 1 aliphatic heterocycles. The van der Waals surface area contributed by atoms with Crippen LogP contribution in [0.4, 0.5) is 13.2 Å². The van der Waals surface area contributed by atoms with Crippen molar-refractivity contribution in [2.24, 2.45) is 5.84 Å². The summed E-state index contributed by atoms with van der Waals surface area (Å²) in [6.07, 6.45) is -3.45. The highest BCUT2D eigenvalue weighted by atomic mass is 19.4. The van der Waals surface area contributed by atoms with Crippen molar-refractivity contribution in [2.75, 3.05) is 13.2 Å². The van der Waals surface area contributed by atoms with E-state index in [4.69, 9.17) is 20.5 Å². The second-order valence-electron chi connectivity index (χ2n) is 4.72. The van der Waals surface area contributed by atoms with Crippen LogP contribution in [-0.4, -0.2) is 47.4 Å². The van der Waals surface area contributed by atoms with Crippen LogP contribution >= 0.6 is 0 Å². The number of aliphatic carboxylic acids is 1. The lowest BCUT2D eigenvalue weighted by atomic mass is 10.1. The molecule has 1 fully saturated rings. The third-order valence-electron chi connectivity index (χ3n) is 3.08. The molecule has 23 heavy (non-hydrogen) atoms. The van der Waals surface area contributed by atoms with Gasteiger partial charge >= 0.3 is 12.1 Å². The fourth-order valence-electron chi connectivity index (χ4n) is 1.86. The first kappa shape index (κ1) is 18.9. The van der Waals surface area contributed by atoms with E-state index in [-0.39, 0.29) is 11.9 Å². The van der Waals surface area contributed by atoms with Gasteiger partial charge in [-0.25, -0.2) is 10.6 Å². The summed E-state index contributed by atoms with van der Waals surface area (Å²) >= 11 is 0. The minimum atomic E-state index is -5.08. The van der Waals surface area contributed by atoms with Crippen LogP contribution in [0.5, 0.6) is 0 Å². The van der Waals surface area contributed by atoms with Gasteiger partial charge in [0.25, 0.3) is 5.91 Å². The molecule has 9 heteroatoms. The van der Waals surface area contributed by atoms with Crippen molar-refractivity contribution >= 4 is 11.9 Å². The van der Waals surface area contributed by atoms with Crippen molar-refractivity contribution in [3.8, 4) is 0 Å². The first-order chi connectivity index (χ1) is 10.7. The molecular formula is C14H17F3N2O4. The number of hydrogen-bond donors (Lipinski definition) is 2. The zero-order valence-corrected chi connectivity index (χ0v) is 12.1. The summed E-state index contributed by atoms with van der Waals surface area (Å²) < 4.78 is 37.0. The lowest BCUT2D eigenvalue weighted by Crippen LogP contribution is -2.48. The molecule has 6 nitrogen and oxygen atoms in total. The first-order valence-electron chi connectivity index (χ1n) is 6.74. The molecule has 3 N–H and O–H groups in total. The molecule has 0 saturated carbocycles. The monoisotopic (exact) mass is 334 g/mol. The number of carboxylic acids is 1. The molecule has 128 valence electrons. The predicted molar refractivity (Wildman–Crippen MR) is 74.3 cm³/mol. The summed E-state index contributed by atoms with van der Waals surface area (Å²) in [5, 5.41) is 8.47. The molecule has 2 rings (SSSR count). The Labute approximate surface area is 130 Å². The molecule has 1 heterocycles. The van der Waals surface area contributed by atoms with Gasteiger partial charge in [-0.3, -0.25) is 9.80 Å². The predicted octanol–water partition coefficient (Wildman–Crippen LogP) is 1.81. The van der Waals surface area contributed by atoms with E-state index >= 15 is 0 Å². The van der Waals surface area contributed by atoms with E-state index in [2.05, 4.69) is 0 Å². The van der Waals surface area contributed by atoms with Crippen LogP contribution in [0, 0.1) is 0 Å². The number of ether oxygens (including phenoxy) is 1. The van der Waals surface area contributed by atoms with Crippen LogP contribution in [0.1, 0.15) is 23.2 Å². The summed E-state index contributed by atoms with van der Waals surface area (Å²) in [7, 11) is 0. The number of benzene rings is 1. The number of alkyl halides is 3. The van der Waals surface area contributed by atoms with Crippen molar-refractivity contribution in [3.05, 3.63) is 35.9 Å². The highest BCUT2D eigenvalue weighted by molar-refractivity contribution is 5.93. The van der Waals surface area contributed by atoms with Crippen LogP contribution in [-0.2, 0) is 9.53 Å². The minimum absolute atomic E-state index is 0.0986. The van der Waals surface area contributed by atoms with Crippen LogP contribution in [0.15, 0.2) is 30.3 Å². The molecular weight excluding hydrogens is 317 g/mol. The number of halogens is 3. The number of hydrazine groups is 1. The molecule has 1 amide bonds. The van der Waals surface area contributed by atoms with Gasteiger partial charge in [0, 0.05) is 18.8 Å². The SMILES string of the molecule is NN(C(=O)c1ccccc1)C1CCOCC1.O=C(O)C(F)(F)F. The van der Waals surface area contributed by atoms with Gasteiger partial charge in [-0.05, 0) is 25.0 Å². The Morgan fingerprint density at radius 1 is 1.17 bits per heavy atom. The largest absolute Gasteiger partial charge is 0.490 e. The van der Waals surface area contributed by atoms with Crippen LogP contribution < -0.4 is 5.84 Å². The van der Waals surface area contributed by atoms with E-state index in [9.17, 15) is 18.0 Å². The normalized spacial score (nSPS) is 15.3. The highest BCUT2D eigenvalue weighted by Crippen LogP contribution is 2.14. The van der Waals surface area contributed by atoms with Crippen LogP contribution in [0.3, 0.4) is 0 Å². The van der Waals surface area contributed by atoms with E-state index in [1.807, 2.05) is 18.2 Å². The summed E-state index contributed by atoms with van der Waals surface area (Å²) in [5.41, 5.74) is 0.636. The number of carboxylic acid groups (broad SMARTS) is 1. The molecule has 0 bridgehead atoms. The first-order valence-corrected chi connectivity index (χ1v) is 6.74. The second kappa shape index (κ2) is 8.49. The van der Waals surface area contributed by atoms with Gasteiger partial charge in [0.15, 0.2) is 0 Å². The van der Waals surface area contributed by atoms with Gasteiger partial charge in [0.2, 0.25) is 0 Å². The number of rotatable bonds is 2. The Morgan fingerprint density at radius 3 is 2.09 bits per heavy atom. The Bertz CT molecular complexity index is 517. The van der Waals surface area contributed by atoms with Gasteiger partial charge in [-0.2, -0.15) is 13.2 Å². The summed E-state index contributed by atoms with van der Waals surface area (Å²) in [5.74, 6) is 2.98. The third-order valence-corrected chi connectivity index (χ3v) is 3.08. The van der Waals surface area contributed by atoms with Crippen molar-refractivity contribution in [3.63, 3.8) is 0 Å². The van der Waals surface area contributed by atoms with E-state index < -0.39 is 12.1 Å². The lowest BCUT2D eigenvalue weighted by molar-refractivity contribution is -0.192. The highest BCUT2D eigenvalue weighted by Gasteiger charge is 2.38. The molecule has 1 aromatic rings. The van der Waals surface area contributed by atoms with Gasteiger partial charge in [-0.15, -0.1) is 0 Å². The molecule has 0 aliphatic carbocycles. The standard InChI is InChI=1S/C12H16N2O2.C2HF3O2/c13-14(11-6-8-16-9-7-11)12(15)10-4-2-1-3-5-10;3-2(4,5)1(6)7/h1-5,11H,6-9,13H2;(H,6,7). The van der Waals surface area contributed by atoms with E-state index in [1.165, 1.54) is 5.01 Å². The van der Waals surface area contributed by atoms with Gasteiger partial charge in [0.05, 0.1) is 6.04 Å². The number of hydrogen-bond acceptors (Lipinski definition) is 4. The number of amides is 1. The molecule has 0 spiro atoms. The summed E-state index contributed by atoms with van der Waals surface area (Å²) in [6, 6.07) is 9.21. The van der Waals surface area contributed by atoms with Crippen molar-refractivity contribution in [1.29, 1.82) is 0 Å². The molecule has 1 aromatic carbocycles. The lowest BCUT2D eigenvalue weighted by Gasteiger charge is -2.30. The van der Waals surface area contributed by atoms with Gasteiger partial charge in [-0.1, -0.05) is 18.2 Å². The minimum Gasteiger partial charge on any atom is -0.475 e. The summed E-state index contributed by atoms with van der Waals surface area (Å²) in [6.45, 7) is 1.36. The van der Waals surface area contributed by atoms with Crippen molar-refractivity contribution in [1.82, 2.24) is 5.01 Å². The maximum absolute atomic E-state index is 12.0. The number of carbonyl (C=O) groups excluding carboxylic acids is 1. The van der Waals surface area contributed by atoms with Crippen LogP contribution in [0.25, 0.3) is 0 Å². The van der Waals surface area contributed by atoms with Crippen molar-refractivity contribution in [2.45, 2.75) is 25.1 Å². The average Bonchev–Trinajstić information content (AvgIpc) is 2.55. The zero-order chi connectivity index (χ0) is 17.5. The quantitative estimate of drug-likeness (QED) is 0.489. The summed E-state index contributed by atoms with van der Waals surface area (Å²) in [4.78, 5) is 20.9. The Kier molecular flexibility index (Phi) is 6.98. The zero-order valence-electron chi connectivity index (χ0n) is 12.1. The fourth-order valence-corrected chi connectivity index (χ4v) is 1.86. The molecule has 0 unspecified atom stereocenters. The molecule has 0 aromatic heterocycles. The second-order valence-corrected chi connectivity index (χ2v) is 4.72. The average molecular weight is 334 g/mol. The topological polar surface area (TPSA) is 92.9 Å².